The fourth-order valence-corrected chi connectivity index (χ4v) is 4.66. The minimum absolute atomic E-state index is 0.0606. The number of aliphatic imine (C=N–C) groups is 2. The molecule has 7 nitrogen and oxygen atoms in total. The number of amides is 1. The summed E-state index contributed by atoms with van der Waals surface area (Å²) < 4.78 is 8.26. The number of amidine groups is 2. The molecular formula is C29H29ClN5O2+. The Morgan fingerprint density at radius 1 is 1.08 bits per heavy atom. The van der Waals surface area contributed by atoms with E-state index in [2.05, 4.69) is 14.9 Å². The van der Waals surface area contributed by atoms with Gasteiger partial charge in [-0.1, -0.05) is 53.0 Å². The number of hydrogen-bond donors (Lipinski definition) is 2. The topological polar surface area (TPSA) is 92.1 Å². The van der Waals surface area contributed by atoms with Crippen molar-refractivity contribution in [1.29, 1.82) is 0 Å². The molecule has 0 saturated carbocycles. The largest absolute Gasteiger partial charge is 0.489 e. The summed E-state index contributed by atoms with van der Waals surface area (Å²) >= 11 is 6.18. The van der Waals surface area contributed by atoms with Crippen LogP contribution < -0.4 is 15.8 Å². The lowest BCUT2D eigenvalue weighted by Gasteiger charge is -2.19. The highest BCUT2D eigenvalue weighted by Crippen LogP contribution is 2.34. The van der Waals surface area contributed by atoms with Crippen LogP contribution in [0.4, 0.5) is 5.69 Å². The number of halogens is 1. The van der Waals surface area contributed by atoms with E-state index in [1.807, 2.05) is 80.6 Å². The van der Waals surface area contributed by atoms with Crippen LogP contribution in [0.15, 0.2) is 76.7 Å². The maximum absolute atomic E-state index is 12.6. The number of nitrogens with two attached hydrogens (primary N) is 1. The monoisotopic (exact) mass is 514 g/mol. The number of benzene rings is 3. The number of fused-ring (bicyclic) bond motifs is 2. The van der Waals surface area contributed by atoms with Gasteiger partial charge in [-0.2, -0.15) is 4.58 Å². The average Bonchev–Trinajstić information content (AvgIpc) is 3.00. The van der Waals surface area contributed by atoms with E-state index in [0.29, 0.717) is 24.7 Å². The quantitative estimate of drug-likeness (QED) is 0.430. The number of rotatable bonds is 8. The molecule has 1 amide bonds. The van der Waals surface area contributed by atoms with Gasteiger partial charge in [0, 0.05) is 36.2 Å². The first-order valence-electron chi connectivity index (χ1n) is 12.3. The first kappa shape index (κ1) is 24.9. The Labute approximate surface area is 221 Å². The van der Waals surface area contributed by atoms with Crippen molar-refractivity contribution >= 4 is 40.6 Å². The van der Waals surface area contributed by atoms with Gasteiger partial charge in [0.1, 0.15) is 24.1 Å². The molecule has 0 saturated heterocycles. The molecule has 2 heterocycles. The summed E-state index contributed by atoms with van der Waals surface area (Å²) in [6.07, 6.45) is 0.212. The maximum atomic E-state index is 12.6. The second-order valence-electron chi connectivity index (χ2n) is 9.00. The van der Waals surface area contributed by atoms with Crippen LogP contribution in [-0.4, -0.2) is 40.5 Å². The fourth-order valence-electron chi connectivity index (χ4n) is 4.54. The molecule has 1 atom stereocenters. The highest BCUT2D eigenvalue weighted by Gasteiger charge is 2.39. The molecular weight excluding hydrogens is 486 g/mol. The number of nitrogens with zero attached hydrogens (tertiary/aromatic N) is 3. The third-order valence-electron chi connectivity index (χ3n) is 6.41. The Hall–Kier alpha value is -3.81. The lowest BCUT2D eigenvalue weighted by atomic mass is 9.99. The van der Waals surface area contributed by atoms with Gasteiger partial charge in [0.25, 0.3) is 5.84 Å². The third-order valence-corrected chi connectivity index (χ3v) is 6.66. The molecule has 0 fully saturated rings. The van der Waals surface area contributed by atoms with Gasteiger partial charge in [0.05, 0.1) is 12.1 Å². The number of nitrogens with one attached hydrogen (secondary N) is 1. The molecule has 3 N–H and O–H groups in total. The van der Waals surface area contributed by atoms with Gasteiger partial charge in [0.15, 0.2) is 0 Å². The van der Waals surface area contributed by atoms with Crippen LogP contribution in [-0.2, 0) is 17.9 Å². The molecule has 1 unspecified atom stereocenters. The second-order valence-corrected chi connectivity index (χ2v) is 9.44. The zero-order valence-corrected chi connectivity index (χ0v) is 21.6. The minimum atomic E-state index is -0.418. The van der Waals surface area contributed by atoms with Gasteiger partial charge >= 0.3 is 0 Å². The van der Waals surface area contributed by atoms with Gasteiger partial charge in [0.2, 0.25) is 11.7 Å². The Kier molecular flexibility index (Phi) is 7.17. The van der Waals surface area contributed by atoms with E-state index in [9.17, 15) is 4.79 Å². The summed E-state index contributed by atoms with van der Waals surface area (Å²) in [5.41, 5.74) is 11.4. The first-order valence-corrected chi connectivity index (χ1v) is 12.7. The Morgan fingerprint density at radius 2 is 1.81 bits per heavy atom. The normalized spacial score (nSPS) is 16.1. The molecule has 37 heavy (non-hydrogen) atoms. The van der Waals surface area contributed by atoms with E-state index in [0.717, 1.165) is 51.1 Å². The van der Waals surface area contributed by atoms with Crippen molar-refractivity contribution in [3.05, 3.63) is 94.0 Å². The fraction of sp³-hybridized carbons (Fsp3) is 0.241. The number of hydrogen-bond acceptors (Lipinski definition) is 5. The van der Waals surface area contributed by atoms with Crippen LogP contribution in [0.25, 0.3) is 0 Å². The average molecular weight is 515 g/mol. The van der Waals surface area contributed by atoms with Gasteiger partial charge in [-0.3, -0.25) is 9.79 Å². The Balaban J connectivity index is 1.54. The number of carbonyl (C=O) groups is 1. The molecule has 3 aromatic rings. The summed E-state index contributed by atoms with van der Waals surface area (Å²) in [5, 5.41) is 3.53. The highest BCUT2D eigenvalue weighted by molar-refractivity contribution is 6.30. The van der Waals surface area contributed by atoms with E-state index in [4.69, 9.17) is 27.1 Å². The lowest BCUT2D eigenvalue weighted by molar-refractivity contribution is -0.325. The van der Waals surface area contributed by atoms with E-state index in [-0.39, 0.29) is 12.3 Å². The number of ether oxygens (including phenoxy) is 1. The van der Waals surface area contributed by atoms with Gasteiger partial charge in [-0.05, 0) is 48.4 Å². The summed E-state index contributed by atoms with van der Waals surface area (Å²) in [4.78, 5) is 22.3. The molecule has 2 aliphatic rings. The molecule has 0 radical (unpaired) electrons. The van der Waals surface area contributed by atoms with E-state index >= 15 is 0 Å². The second kappa shape index (κ2) is 10.7. The summed E-state index contributed by atoms with van der Waals surface area (Å²) in [5.74, 6) is 2.29. The molecule has 0 bridgehead atoms. The Bertz CT molecular complexity index is 1430. The first-order chi connectivity index (χ1) is 18.0. The molecule has 0 spiro atoms. The zero-order valence-electron chi connectivity index (χ0n) is 20.9. The van der Waals surface area contributed by atoms with Gasteiger partial charge in [-0.25, -0.2) is 0 Å². The molecule has 3 aromatic carbocycles. The standard InChI is InChI=1S/C29H28ClN5O2/c1-3-32-27(36)15-25-29-33-18(2)35(29)26-13-12-23(37-17-20-6-4-19(16-31)5-7-20)14-24(26)28(34-25)21-8-10-22(30)11-9-21/h4-14,25H,3,15-17,31H2,1-2H3/p+1. The summed E-state index contributed by atoms with van der Waals surface area (Å²) in [6, 6.07) is 21.2. The van der Waals surface area contributed by atoms with Crippen LogP contribution >= 0.6 is 11.6 Å². The van der Waals surface area contributed by atoms with Crippen molar-refractivity contribution in [3.63, 3.8) is 0 Å². The SMILES string of the molecule is CCNC(=O)CC1N=C(c2ccc(Cl)cc2)c2cc(OCc3ccc(CN)cc3)ccc2[N+]2=C1N=C2C. The van der Waals surface area contributed by atoms with Crippen molar-refractivity contribution in [1.82, 2.24) is 5.32 Å². The van der Waals surface area contributed by atoms with Crippen LogP contribution in [0.1, 0.15) is 42.5 Å². The minimum Gasteiger partial charge on any atom is -0.489 e. The third kappa shape index (κ3) is 5.19. The van der Waals surface area contributed by atoms with Crippen molar-refractivity contribution in [3.8, 4) is 5.75 Å². The highest BCUT2D eigenvalue weighted by atomic mass is 35.5. The van der Waals surface area contributed by atoms with Crippen LogP contribution in [0.3, 0.4) is 0 Å². The van der Waals surface area contributed by atoms with Crippen molar-refractivity contribution in [2.45, 2.75) is 39.5 Å². The van der Waals surface area contributed by atoms with E-state index < -0.39 is 6.04 Å². The smallest absolute Gasteiger partial charge is 0.272 e. The maximum Gasteiger partial charge on any atom is 0.272 e. The molecule has 5 rings (SSSR count). The predicted molar refractivity (Wildman–Crippen MR) is 147 cm³/mol. The van der Waals surface area contributed by atoms with Crippen LogP contribution in [0, 0.1) is 0 Å². The molecule has 0 aliphatic carbocycles. The molecule has 2 aliphatic heterocycles. The number of carbonyl (C=O) groups excluding carboxylic acids is 1. The van der Waals surface area contributed by atoms with Gasteiger partial charge in [-0.15, -0.1) is 0 Å². The van der Waals surface area contributed by atoms with Crippen molar-refractivity contribution in [2.24, 2.45) is 15.7 Å². The zero-order chi connectivity index (χ0) is 25.9. The van der Waals surface area contributed by atoms with Crippen LogP contribution in [0.2, 0.25) is 5.02 Å². The molecule has 8 heteroatoms. The van der Waals surface area contributed by atoms with Gasteiger partial charge < -0.3 is 15.8 Å². The molecule has 188 valence electrons. The van der Waals surface area contributed by atoms with E-state index in [1.54, 1.807) is 0 Å². The lowest BCUT2D eigenvalue weighted by Crippen LogP contribution is -2.40. The van der Waals surface area contributed by atoms with Crippen LogP contribution in [0.5, 0.6) is 5.75 Å². The predicted octanol–water partition coefficient (Wildman–Crippen LogP) is 4.60. The molecule has 0 aromatic heterocycles. The van der Waals surface area contributed by atoms with Crippen molar-refractivity contribution in [2.75, 3.05) is 6.54 Å². The van der Waals surface area contributed by atoms with Crippen molar-refractivity contribution < 1.29 is 14.1 Å². The summed E-state index contributed by atoms with van der Waals surface area (Å²) in [6.45, 7) is 5.37. The van der Waals surface area contributed by atoms with E-state index in [1.165, 1.54) is 0 Å². The Morgan fingerprint density at radius 3 is 2.49 bits per heavy atom. The summed E-state index contributed by atoms with van der Waals surface area (Å²) in [7, 11) is 0.